The van der Waals surface area contributed by atoms with E-state index >= 15 is 0 Å². The summed E-state index contributed by atoms with van der Waals surface area (Å²) in [6, 6.07) is 0. The van der Waals surface area contributed by atoms with Crippen molar-refractivity contribution in [2.45, 2.75) is 19.6 Å². The number of hydrogen-bond acceptors (Lipinski definition) is 5. The minimum absolute atomic E-state index is 0.552. The van der Waals surface area contributed by atoms with Crippen LogP contribution in [0.4, 0.5) is 0 Å². The summed E-state index contributed by atoms with van der Waals surface area (Å²) in [6.45, 7) is 2.78. The molecular weight excluding hydrogens is 200 g/mol. The second kappa shape index (κ2) is 3.85. The molecule has 2 heterocycles. The minimum atomic E-state index is -0.774. The van der Waals surface area contributed by atoms with Gasteiger partial charge in [-0.15, -0.1) is 5.10 Å². The van der Waals surface area contributed by atoms with Crippen LogP contribution < -0.4 is 0 Å². The number of hydrogen-bond donors (Lipinski definition) is 1. The number of nitrogens with zero attached hydrogens (tertiary/aromatic N) is 4. The van der Waals surface area contributed by atoms with Gasteiger partial charge in [-0.3, -0.25) is 0 Å². The molecule has 1 atom stereocenters. The molecule has 0 amide bonds. The molecule has 0 saturated carbocycles. The summed E-state index contributed by atoms with van der Waals surface area (Å²) in [4.78, 5) is 4.09. The van der Waals surface area contributed by atoms with Crippen LogP contribution in [0.1, 0.15) is 24.5 Å². The Labute approximate surface area is 85.2 Å². The molecule has 0 fully saturated rings. The fraction of sp³-hybridized carbons (Fsp3) is 0.375. The monoisotopic (exact) mass is 210 g/mol. The van der Waals surface area contributed by atoms with Crippen LogP contribution in [-0.2, 0) is 6.54 Å². The van der Waals surface area contributed by atoms with Gasteiger partial charge in [0, 0.05) is 24.3 Å². The predicted octanol–water partition coefficient (Wildman–Crippen LogP) is 0.836. The van der Waals surface area contributed by atoms with E-state index in [9.17, 15) is 5.11 Å². The van der Waals surface area contributed by atoms with Crippen molar-refractivity contribution >= 4 is 11.5 Å². The number of aliphatic hydroxyl groups excluding tert-OH is 1. The van der Waals surface area contributed by atoms with Gasteiger partial charge in [-0.1, -0.05) is 4.49 Å². The molecule has 1 unspecified atom stereocenters. The zero-order chi connectivity index (χ0) is 9.97. The standard InChI is InChI=1S/C8H10N4OS/c1-2-12-4-3-9-8(12)7(13)6-5-14-11-10-6/h3-5,7,13H,2H2,1H3. The van der Waals surface area contributed by atoms with Gasteiger partial charge in [0.1, 0.15) is 11.5 Å². The summed E-state index contributed by atoms with van der Waals surface area (Å²) < 4.78 is 5.58. The first-order valence-corrected chi connectivity index (χ1v) is 5.12. The molecule has 1 N–H and O–H groups in total. The van der Waals surface area contributed by atoms with Gasteiger partial charge < -0.3 is 9.67 Å². The van der Waals surface area contributed by atoms with Crippen molar-refractivity contribution in [3.63, 3.8) is 0 Å². The van der Waals surface area contributed by atoms with Crippen LogP contribution in [0.2, 0.25) is 0 Å². The lowest BCUT2D eigenvalue weighted by Crippen LogP contribution is -2.09. The number of aromatic nitrogens is 4. The largest absolute Gasteiger partial charge is 0.379 e. The van der Waals surface area contributed by atoms with E-state index in [1.807, 2.05) is 17.7 Å². The van der Waals surface area contributed by atoms with E-state index in [1.54, 1.807) is 11.6 Å². The van der Waals surface area contributed by atoms with E-state index in [0.29, 0.717) is 11.5 Å². The van der Waals surface area contributed by atoms with Gasteiger partial charge in [-0.2, -0.15) is 0 Å². The highest BCUT2D eigenvalue weighted by atomic mass is 32.1. The Kier molecular flexibility index (Phi) is 2.55. The third-order valence-corrected chi connectivity index (χ3v) is 2.51. The highest BCUT2D eigenvalue weighted by Gasteiger charge is 2.17. The van der Waals surface area contributed by atoms with Crippen LogP contribution in [0.15, 0.2) is 17.8 Å². The smallest absolute Gasteiger partial charge is 0.156 e. The van der Waals surface area contributed by atoms with Crippen molar-refractivity contribution in [3.8, 4) is 0 Å². The first-order valence-electron chi connectivity index (χ1n) is 4.29. The molecule has 2 aromatic heterocycles. The van der Waals surface area contributed by atoms with Crippen molar-refractivity contribution in [2.75, 3.05) is 0 Å². The van der Waals surface area contributed by atoms with Crippen LogP contribution in [0.25, 0.3) is 0 Å². The number of aryl methyl sites for hydroxylation is 1. The number of aliphatic hydroxyl groups is 1. The molecule has 0 aromatic carbocycles. The summed E-state index contributed by atoms with van der Waals surface area (Å²) in [7, 11) is 0. The molecule has 2 rings (SSSR count). The highest BCUT2D eigenvalue weighted by Crippen LogP contribution is 2.18. The van der Waals surface area contributed by atoms with Crippen LogP contribution in [-0.4, -0.2) is 24.2 Å². The molecule has 0 aliphatic carbocycles. The Hall–Kier alpha value is -1.27. The van der Waals surface area contributed by atoms with E-state index in [2.05, 4.69) is 14.6 Å². The molecule has 0 saturated heterocycles. The van der Waals surface area contributed by atoms with Crippen LogP contribution in [0.3, 0.4) is 0 Å². The van der Waals surface area contributed by atoms with Gasteiger partial charge in [-0.25, -0.2) is 4.98 Å². The zero-order valence-electron chi connectivity index (χ0n) is 7.66. The normalized spacial score (nSPS) is 13.0. The first-order chi connectivity index (χ1) is 6.83. The maximum Gasteiger partial charge on any atom is 0.156 e. The van der Waals surface area contributed by atoms with Crippen molar-refractivity contribution in [1.29, 1.82) is 0 Å². The van der Waals surface area contributed by atoms with Gasteiger partial charge >= 0.3 is 0 Å². The fourth-order valence-electron chi connectivity index (χ4n) is 1.26. The number of imidazole rings is 1. The summed E-state index contributed by atoms with van der Waals surface area (Å²) in [5.74, 6) is 0.611. The third kappa shape index (κ3) is 1.53. The lowest BCUT2D eigenvalue weighted by Gasteiger charge is -2.08. The van der Waals surface area contributed by atoms with Gasteiger partial charge in [0.05, 0.1) is 0 Å². The second-order valence-corrected chi connectivity index (χ2v) is 3.41. The SMILES string of the molecule is CCn1ccnc1C(O)c1csnn1. The van der Waals surface area contributed by atoms with Crippen molar-refractivity contribution in [3.05, 3.63) is 29.3 Å². The van der Waals surface area contributed by atoms with Crippen LogP contribution >= 0.6 is 11.5 Å². The van der Waals surface area contributed by atoms with Crippen molar-refractivity contribution in [1.82, 2.24) is 19.1 Å². The average Bonchev–Trinajstić information content (AvgIpc) is 2.87. The summed E-state index contributed by atoms with van der Waals surface area (Å²) in [5.41, 5.74) is 0.552. The minimum Gasteiger partial charge on any atom is -0.379 e. The lowest BCUT2D eigenvalue weighted by atomic mass is 10.2. The first kappa shape index (κ1) is 9.29. The topological polar surface area (TPSA) is 63.8 Å². The van der Waals surface area contributed by atoms with Gasteiger partial charge in [-0.05, 0) is 18.5 Å². The van der Waals surface area contributed by atoms with E-state index in [1.165, 1.54) is 11.5 Å². The molecule has 2 aromatic rings. The zero-order valence-corrected chi connectivity index (χ0v) is 8.48. The van der Waals surface area contributed by atoms with Crippen LogP contribution in [0.5, 0.6) is 0 Å². The molecule has 0 spiro atoms. The quantitative estimate of drug-likeness (QED) is 0.815. The number of rotatable bonds is 3. The maximum absolute atomic E-state index is 9.90. The molecule has 5 nitrogen and oxygen atoms in total. The molecule has 74 valence electrons. The van der Waals surface area contributed by atoms with Gasteiger partial charge in [0.2, 0.25) is 0 Å². The van der Waals surface area contributed by atoms with Crippen molar-refractivity contribution < 1.29 is 5.11 Å². The molecule has 0 aliphatic rings. The molecule has 0 aliphatic heterocycles. The molecular formula is C8H10N4OS. The Morgan fingerprint density at radius 2 is 2.50 bits per heavy atom. The Morgan fingerprint density at radius 3 is 3.14 bits per heavy atom. The summed E-state index contributed by atoms with van der Waals surface area (Å²) in [6.07, 6.45) is 2.73. The Bertz CT molecular complexity index is 397. The van der Waals surface area contributed by atoms with E-state index in [4.69, 9.17) is 0 Å². The Morgan fingerprint density at radius 1 is 1.64 bits per heavy atom. The van der Waals surface area contributed by atoms with Gasteiger partial charge in [0.25, 0.3) is 0 Å². The summed E-state index contributed by atoms with van der Waals surface area (Å²) >= 11 is 1.22. The molecule has 0 bridgehead atoms. The molecule has 6 heteroatoms. The van der Waals surface area contributed by atoms with E-state index in [-0.39, 0.29) is 0 Å². The third-order valence-electron chi connectivity index (χ3n) is 1.99. The molecule has 14 heavy (non-hydrogen) atoms. The molecule has 0 radical (unpaired) electrons. The van der Waals surface area contributed by atoms with E-state index in [0.717, 1.165) is 6.54 Å². The Balaban J connectivity index is 2.31. The fourth-order valence-corrected chi connectivity index (χ4v) is 1.73. The van der Waals surface area contributed by atoms with Crippen LogP contribution in [0, 0.1) is 0 Å². The summed E-state index contributed by atoms with van der Waals surface area (Å²) in [5, 5.41) is 15.4. The highest BCUT2D eigenvalue weighted by molar-refractivity contribution is 7.03. The van der Waals surface area contributed by atoms with E-state index < -0.39 is 6.10 Å². The average molecular weight is 210 g/mol. The van der Waals surface area contributed by atoms with Gasteiger partial charge in [0.15, 0.2) is 6.10 Å². The lowest BCUT2D eigenvalue weighted by molar-refractivity contribution is 0.200. The predicted molar refractivity (Wildman–Crippen MR) is 51.9 cm³/mol. The maximum atomic E-state index is 9.90. The van der Waals surface area contributed by atoms with Crippen molar-refractivity contribution in [2.24, 2.45) is 0 Å². The second-order valence-electron chi connectivity index (χ2n) is 2.80.